The van der Waals surface area contributed by atoms with Crippen LogP contribution in [0, 0.1) is 47.3 Å². The molecule has 0 aromatic heterocycles. The van der Waals surface area contributed by atoms with Crippen molar-refractivity contribution in [2.75, 3.05) is 19.7 Å². The second-order valence-electron chi connectivity index (χ2n) is 16.7. The Morgan fingerprint density at radius 1 is 1.08 bits per heavy atom. The lowest BCUT2D eigenvalue weighted by atomic mass is 9.57. The number of rotatable bonds is 3. The van der Waals surface area contributed by atoms with E-state index in [-0.39, 0.29) is 60.8 Å². The second kappa shape index (κ2) is 12.9. The van der Waals surface area contributed by atoms with Crippen LogP contribution in [0.15, 0.2) is 34.4 Å². The number of fused-ring (bicyclic) bond motifs is 7. The van der Waals surface area contributed by atoms with Crippen LogP contribution in [-0.2, 0) is 23.8 Å². The van der Waals surface area contributed by atoms with E-state index < -0.39 is 48.0 Å². The molecule has 6 fully saturated rings. The third-order valence-electron chi connectivity index (χ3n) is 14.2. The molecule has 0 radical (unpaired) electrons. The Morgan fingerprint density at radius 3 is 2.67 bits per heavy atom. The number of nitrogens with one attached hydrogen (secondary N) is 2. The van der Waals surface area contributed by atoms with Crippen molar-refractivity contribution in [3.63, 3.8) is 0 Å². The molecule has 16 atom stereocenters. The van der Waals surface area contributed by atoms with Crippen molar-refractivity contribution in [1.82, 2.24) is 10.6 Å². The molecule has 0 aromatic rings. The van der Waals surface area contributed by atoms with Gasteiger partial charge in [-0.15, -0.1) is 0 Å². The van der Waals surface area contributed by atoms with Gasteiger partial charge in [-0.2, -0.15) is 0 Å². The molecule has 8 N–H and O–H groups in total. The largest absolute Gasteiger partial charge is 0.456 e. The van der Waals surface area contributed by atoms with Crippen LogP contribution in [0.4, 0.5) is 0 Å². The third kappa shape index (κ3) is 5.53. The fourth-order valence-corrected chi connectivity index (χ4v) is 11.7. The average molecular weight is 681 g/mol. The summed E-state index contributed by atoms with van der Waals surface area (Å²) >= 11 is 0. The summed E-state index contributed by atoms with van der Waals surface area (Å²) in [5.41, 5.74) is 17.2. The first-order valence-electron chi connectivity index (χ1n) is 18.9. The SMILES string of the molecule is CC=C(C)C(=O)OC1CC2C(O)C3C(=O)CC(CO)OC3C3CC4CCNC(N)C4C4=CCC5=C4C(CC4CNC(N)CC4C5)C1(C)OC23. The minimum atomic E-state index is -1.01. The number of allylic oxidation sites excluding steroid dienone is 3. The van der Waals surface area contributed by atoms with Crippen LogP contribution < -0.4 is 22.1 Å². The smallest absolute Gasteiger partial charge is 0.333 e. The molecule has 16 unspecified atom stereocenters. The Labute approximate surface area is 289 Å². The lowest BCUT2D eigenvalue weighted by molar-refractivity contribution is -0.294. The molecule has 0 amide bonds. The van der Waals surface area contributed by atoms with Gasteiger partial charge in [-0.05, 0) is 108 Å². The number of carbonyl (C=O) groups is 2. The van der Waals surface area contributed by atoms with E-state index in [2.05, 4.69) is 23.6 Å². The first-order chi connectivity index (χ1) is 23.5. The highest BCUT2D eigenvalue weighted by Gasteiger charge is 2.65. The molecule has 8 rings (SSSR count). The van der Waals surface area contributed by atoms with Gasteiger partial charge < -0.3 is 46.5 Å². The minimum absolute atomic E-state index is 0.0312. The number of carbonyl (C=O) groups excluding carboxylic acids is 2. The topological polar surface area (TPSA) is 178 Å². The summed E-state index contributed by atoms with van der Waals surface area (Å²) in [4.78, 5) is 27.4. The maximum Gasteiger partial charge on any atom is 0.333 e. The van der Waals surface area contributed by atoms with E-state index in [1.807, 2.05) is 6.92 Å². The Bertz CT molecular complexity index is 1450. The number of hydrogen-bond acceptors (Lipinski definition) is 11. The molecule has 11 nitrogen and oxygen atoms in total. The Morgan fingerprint density at radius 2 is 1.90 bits per heavy atom. The van der Waals surface area contributed by atoms with Gasteiger partial charge in [0.2, 0.25) is 0 Å². The maximum absolute atomic E-state index is 13.8. The number of piperidine rings is 2. The van der Waals surface area contributed by atoms with E-state index in [0.29, 0.717) is 23.8 Å². The van der Waals surface area contributed by atoms with Gasteiger partial charge in [0.15, 0.2) is 0 Å². The molecule has 1 saturated carbocycles. The van der Waals surface area contributed by atoms with Crippen LogP contribution in [0.25, 0.3) is 0 Å². The van der Waals surface area contributed by atoms with E-state index in [0.717, 1.165) is 51.6 Å². The summed E-state index contributed by atoms with van der Waals surface area (Å²) in [6, 6.07) is 0. The number of hydrogen-bond donors (Lipinski definition) is 6. The Kier molecular flexibility index (Phi) is 9.00. The highest BCUT2D eigenvalue weighted by molar-refractivity contribution is 5.87. The van der Waals surface area contributed by atoms with E-state index in [4.69, 9.17) is 25.7 Å². The van der Waals surface area contributed by atoms with Crippen LogP contribution in [0.5, 0.6) is 0 Å². The number of ether oxygens (including phenoxy) is 3. The monoisotopic (exact) mass is 680 g/mol. The van der Waals surface area contributed by atoms with E-state index in [9.17, 15) is 19.8 Å². The third-order valence-corrected chi connectivity index (χ3v) is 14.2. The predicted molar refractivity (Wildman–Crippen MR) is 181 cm³/mol. The highest BCUT2D eigenvalue weighted by atomic mass is 16.6. The number of esters is 1. The number of nitrogens with two attached hydrogens (primary N) is 2. The zero-order valence-electron chi connectivity index (χ0n) is 29.2. The van der Waals surface area contributed by atoms with Crippen molar-refractivity contribution in [2.45, 2.75) is 121 Å². The van der Waals surface area contributed by atoms with Gasteiger partial charge in [0.1, 0.15) is 17.5 Å². The van der Waals surface area contributed by atoms with Crippen LogP contribution in [0.1, 0.15) is 72.1 Å². The molecule has 11 heteroatoms. The minimum Gasteiger partial charge on any atom is -0.456 e. The standard InChI is InChI=1S/C38H56N4O7/c1-4-17(2)37(46)48-28-14-24-33(45)32-27(44)13-22(16-43)47-35(32)25-10-19-7-8-41-36(40)31(19)23-6-5-18-9-20-12-29(39)42-15-21(20)11-26(30(18)23)38(28,3)49-34(24)25/h4,6,19-22,24-26,28-29,31-36,41-43,45H,5,7-16,39-40H2,1-3H3. The second-order valence-corrected chi connectivity index (χ2v) is 16.7. The molecule has 3 aliphatic carbocycles. The molecule has 0 aromatic carbocycles. The number of aliphatic hydroxyl groups excluding tert-OH is 2. The molecule has 5 heterocycles. The van der Waals surface area contributed by atoms with Crippen LogP contribution in [-0.4, -0.2) is 90.1 Å². The molecule has 0 spiro atoms. The normalized spacial score (nSPS) is 49.4. The fraction of sp³-hybridized carbons (Fsp3) is 0.789. The van der Waals surface area contributed by atoms with Gasteiger partial charge in [-0.1, -0.05) is 17.7 Å². The van der Waals surface area contributed by atoms with Crippen molar-refractivity contribution < 1.29 is 34.0 Å². The van der Waals surface area contributed by atoms with Crippen molar-refractivity contribution >= 4 is 11.8 Å². The van der Waals surface area contributed by atoms with Gasteiger partial charge in [0.05, 0.1) is 49.3 Å². The molecule has 5 saturated heterocycles. The van der Waals surface area contributed by atoms with E-state index in [1.165, 1.54) is 16.7 Å². The van der Waals surface area contributed by atoms with Crippen molar-refractivity contribution in [2.24, 2.45) is 58.8 Å². The first-order valence-corrected chi connectivity index (χ1v) is 18.9. The van der Waals surface area contributed by atoms with Crippen molar-refractivity contribution in [3.05, 3.63) is 34.4 Å². The van der Waals surface area contributed by atoms with Gasteiger partial charge in [0, 0.05) is 35.7 Å². The predicted octanol–water partition coefficient (Wildman–Crippen LogP) is 1.82. The summed E-state index contributed by atoms with van der Waals surface area (Å²) in [6.07, 6.45) is 6.37. The van der Waals surface area contributed by atoms with Crippen LogP contribution in [0.3, 0.4) is 0 Å². The summed E-state index contributed by atoms with van der Waals surface area (Å²) in [7, 11) is 0. The summed E-state index contributed by atoms with van der Waals surface area (Å²) < 4.78 is 20.6. The highest BCUT2D eigenvalue weighted by Crippen LogP contribution is 2.60. The lowest BCUT2D eigenvalue weighted by Crippen LogP contribution is -2.70. The average Bonchev–Trinajstić information content (AvgIpc) is 3.39. The summed E-state index contributed by atoms with van der Waals surface area (Å²) in [5.74, 6) is -0.839. The Hall–Kier alpha value is -1.96. The van der Waals surface area contributed by atoms with Gasteiger partial charge in [-0.25, -0.2) is 4.79 Å². The quantitative estimate of drug-likeness (QED) is 0.189. The molecule has 49 heavy (non-hydrogen) atoms. The van der Waals surface area contributed by atoms with Gasteiger partial charge in [-0.3, -0.25) is 4.79 Å². The summed E-state index contributed by atoms with van der Waals surface area (Å²) in [6.45, 7) is 7.10. The lowest BCUT2D eigenvalue weighted by Gasteiger charge is -2.61. The zero-order chi connectivity index (χ0) is 34.4. The zero-order valence-corrected chi connectivity index (χ0v) is 29.2. The van der Waals surface area contributed by atoms with Crippen LogP contribution >= 0.6 is 0 Å². The Balaban J connectivity index is 1.30. The maximum atomic E-state index is 13.8. The number of aliphatic hydroxyl groups is 2. The molecule has 270 valence electrons. The van der Waals surface area contributed by atoms with Crippen molar-refractivity contribution in [3.8, 4) is 0 Å². The van der Waals surface area contributed by atoms with E-state index >= 15 is 0 Å². The molecule has 2 bridgehead atoms. The first kappa shape index (κ1) is 34.1. The number of ketones is 1. The fourth-order valence-electron chi connectivity index (χ4n) is 11.7. The van der Waals surface area contributed by atoms with Crippen molar-refractivity contribution in [1.29, 1.82) is 0 Å². The summed E-state index contributed by atoms with van der Waals surface area (Å²) in [5, 5.41) is 29.4. The number of Topliss-reactive ketones (excluding diaryl/α,β-unsaturated/α-hetero) is 1. The van der Waals surface area contributed by atoms with Crippen LogP contribution in [0.2, 0.25) is 0 Å². The molecule has 5 aliphatic heterocycles. The molecular weight excluding hydrogens is 624 g/mol. The van der Waals surface area contributed by atoms with E-state index in [1.54, 1.807) is 13.0 Å². The molecular formula is C38H56N4O7. The molecule has 8 aliphatic rings. The van der Waals surface area contributed by atoms with Gasteiger partial charge in [0.25, 0.3) is 0 Å². The van der Waals surface area contributed by atoms with Gasteiger partial charge >= 0.3 is 5.97 Å².